The van der Waals surface area contributed by atoms with Crippen LogP contribution in [0.25, 0.3) is 0 Å². The van der Waals surface area contributed by atoms with E-state index in [1.165, 1.54) is 13.1 Å². The molecule has 10 heteroatoms. The Balaban J connectivity index is 2.67. The molecule has 0 saturated heterocycles. The summed E-state index contributed by atoms with van der Waals surface area (Å²) in [5.41, 5.74) is -0.537. The number of non-ortho nitro benzene ring substituents is 1. The Morgan fingerprint density at radius 2 is 1.81 bits per heavy atom. The summed E-state index contributed by atoms with van der Waals surface area (Å²) in [7, 11) is 1.41. The number of carbonyl (C=O) groups is 3. The molecule has 0 saturated carbocycles. The van der Waals surface area contributed by atoms with Crippen molar-refractivity contribution in [3.8, 4) is 0 Å². The molecule has 0 atom stereocenters. The maximum Gasteiger partial charge on any atom is 0.340 e. The van der Waals surface area contributed by atoms with E-state index in [1.54, 1.807) is 4.90 Å². The van der Waals surface area contributed by atoms with Gasteiger partial charge in [0.1, 0.15) is 0 Å². The number of hydrogen-bond acceptors (Lipinski definition) is 6. The maximum absolute atomic E-state index is 12.0. The Labute approximate surface area is 155 Å². The van der Waals surface area contributed by atoms with E-state index in [2.05, 4.69) is 0 Å². The van der Waals surface area contributed by atoms with Crippen LogP contribution in [-0.2, 0) is 14.3 Å². The van der Waals surface area contributed by atoms with Crippen LogP contribution in [0.1, 0.15) is 24.2 Å². The average molecular weight is 386 g/mol. The number of likely N-dealkylation sites (N-methyl/N-ethyl adjacent to an activating group) is 2. The van der Waals surface area contributed by atoms with Crippen molar-refractivity contribution < 1.29 is 24.0 Å². The number of benzene rings is 1. The summed E-state index contributed by atoms with van der Waals surface area (Å²) in [5.74, 6) is -1.77. The topological polar surface area (TPSA) is 110 Å². The second-order valence-electron chi connectivity index (χ2n) is 5.31. The van der Waals surface area contributed by atoms with Crippen molar-refractivity contribution in [2.24, 2.45) is 0 Å². The summed E-state index contributed by atoms with van der Waals surface area (Å²) in [6.45, 7) is 3.95. The van der Waals surface area contributed by atoms with E-state index in [4.69, 9.17) is 16.3 Å². The molecule has 1 aromatic carbocycles. The van der Waals surface area contributed by atoms with Gasteiger partial charge in [0.15, 0.2) is 6.61 Å². The van der Waals surface area contributed by atoms with Gasteiger partial charge in [-0.15, -0.1) is 0 Å². The van der Waals surface area contributed by atoms with E-state index in [-0.39, 0.29) is 28.7 Å². The Kier molecular flexibility index (Phi) is 7.98. The van der Waals surface area contributed by atoms with E-state index in [9.17, 15) is 24.5 Å². The highest BCUT2D eigenvalue weighted by atomic mass is 35.5. The number of esters is 1. The molecule has 0 unspecified atom stereocenters. The molecular weight excluding hydrogens is 366 g/mol. The molecule has 0 aliphatic heterocycles. The Morgan fingerprint density at radius 1 is 1.19 bits per heavy atom. The lowest BCUT2D eigenvalue weighted by Gasteiger charge is -2.23. The first-order valence-corrected chi connectivity index (χ1v) is 8.21. The Morgan fingerprint density at radius 3 is 2.35 bits per heavy atom. The molecule has 1 rings (SSSR count). The van der Waals surface area contributed by atoms with Gasteiger partial charge < -0.3 is 14.5 Å². The first-order valence-electron chi connectivity index (χ1n) is 7.84. The average Bonchev–Trinajstić information content (AvgIpc) is 2.60. The van der Waals surface area contributed by atoms with E-state index >= 15 is 0 Å². The fourth-order valence-corrected chi connectivity index (χ4v) is 2.26. The summed E-state index contributed by atoms with van der Waals surface area (Å²) < 4.78 is 4.86. The van der Waals surface area contributed by atoms with Gasteiger partial charge in [-0.05, 0) is 19.9 Å². The van der Waals surface area contributed by atoms with Crippen LogP contribution in [0, 0.1) is 10.1 Å². The molecule has 142 valence electrons. The normalized spacial score (nSPS) is 10.2. The molecule has 0 spiro atoms. The number of carbonyl (C=O) groups excluding carboxylic acids is 3. The SMILES string of the molecule is CCN(CC)C(=O)CN(C)C(=O)COC(=O)c1cc([N+](=O)[O-])ccc1Cl. The quantitative estimate of drug-likeness (QED) is 0.383. The highest BCUT2D eigenvalue weighted by molar-refractivity contribution is 6.33. The molecule has 9 nitrogen and oxygen atoms in total. The van der Waals surface area contributed by atoms with Crippen molar-refractivity contribution in [1.82, 2.24) is 9.80 Å². The summed E-state index contributed by atoms with van der Waals surface area (Å²) in [6.07, 6.45) is 0. The Bertz CT molecular complexity index is 705. The minimum Gasteiger partial charge on any atom is -0.452 e. The standard InChI is InChI=1S/C16H20ClN3O6/c1-4-19(5-2)14(21)9-18(3)15(22)10-26-16(23)12-8-11(20(24)25)6-7-13(12)17/h6-8H,4-5,9-10H2,1-3H3. The predicted molar refractivity (Wildman–Crippen MR) is 94.0 cm³/mol. The third kappa shape index (κ3) is 5.69. The number of ether oxygens (including phenoxy) is 1. The lowest BCUT2D eigenvalue weighted by molar-refractivity contribution is -0.384. The largest absolute Gasteiger partial charge is 0.452 e. The van der Waals surface area contributed by atoms with Crippen LogP contribution in [0.5, 0.6) is 0 Å². The van der Waals surface area contributed by atoms with E-state index < -0.39 is 23.4 Å². The van der Waals surface area contributed by atoms with Gasteiger partial charge in [-0.3, -0.25) is 19.7 Å². The third-order valence-corrected chi connectivity index (χ3v) is 3.95. The molecule has 0 heterocycles. The molecule has 0 N–H and O–H groups in total. The number of rotatable bonds is 8. The molecule has 0 radical (unpaired) electrons. The van der Waals surface area contributed by atoms with Crippen LogP contribution in [0.15, 0.2) is 18.2 Å². The van der Waals surface area contributed by atoms with Crippen LogP contribution in [0.4, 0.5) is 5.69 Å². The van der Waals surface area contributed by atoms with Gasteiger partial charge in [0.25, 0.3) is 11.6 Å². The van der Waals surface area contributed by atoms with Crippen molar-refractivity contribution in [2.45, 2.75) is 13.8 Å². The van der Waals surface area contributed by atoms with Gasteiger partial charge >= 0.3 is 5.97 Å². The van der Waals surface area contributed by atoms with Gasteiger partial charge in [-0.2, -0.15) is 0 Å². The van der Waals surface area contributed by atoms with Crippen LogP contribution < -0.4 is 0 Å². The second-order valence-corrected chi connectivity index (χ2v) is 5.72. The van der Waals surface area contributed by atoms with Crippen molar-refractivity contribution in [1.29, 1.82) is 0 Å². The van der Waals surface area contributed by atoms with Gasteiger partial charge in [-0.1, -0.05) is 11.6 Å². The van der Waals surface area contributed by atoms with E-state index in [1.807, 2.05) is 13.8 Å². The monoisotopic (exact) mass is 385 g/mol. The van der Waals surface area contributed by atoms with Gasteiger partial charge in [0.05, 0.1) is 22.1 Å². The zero-order chi connectivity index (χ0) is 19.9. The third-order valence-electron chi connectivity index (χ3n) is 3.62. The molecule has 2 amide bonds. The summed E-state index contributed by atoms with van der Waals surface area (Å²) in [5, 5.41) is 10.7. The van der Waals surface area contributed by atoms with Crippen molar-refractivity contribution in [3.63, 3.8) is 0 Å². The summed E-state index contributed by atoms with van der Waals surface area (Å²) >= 11 is 5.84. The maximum atomic E-state index is 12.0. The number of halogens is 1. The molecular formula is C16H20ClN3O6. The number of hydrogen-bond donors (Lipinski definition) is 0. The highest BCUT2D eigenvalue weighted by Gasteiger charge is 2.21. The van der Waals surface area contributed by atoms with Crippen molar-refractivity contribution in [2.75, 3.05) is 33.3 Å². The summed E-state index contributed by atoms with van der Waals surface area (Å²) in [4.78, 5) is 48.8. The fraction of sp³-hybridized carbons (Fsp3) is 0.438. The number of nitrogens with zero attached hydrogens (tertiary/aromatic N) is 3. The van der Waals surface area contributed by atoms with Crippen molar-refractivity contribution >= 4 is 35.1 Å². The number of amides is 2. The molecule has 26 heavy (non-hydrogen) atoms. The molecule has 0 aliphatic rings. The molecule has 1 aromatic rings. The van der Waals surface area contributed by atoms with Crippen LogP contribution in [0.3, 0.4) is 0 Å². The smallest absolute Gasteiger partial charge is 0.340 e. The molecule has 0 aromatic heterocycles. The lowest BCUT2D eigenvalue weighted by Crippen LogP contribution is -2.42. The first-order chi connectivity index (χ1) is 12.2. The molecule has 0 fully saturated rings. The van der Waals surface area contributed by atoms with E-state index in [0.29, 0.717) is 13.1 Å². The van der Waals surface area contributed by atoms with Gasteiger partial charge in [0.2, 0.25) is 5.91 Å². The van der Waals surface area contributed by atoms with Gasteiger partial charge in [0, 0.05) is 32.3 Å². The number of nitro groups is 1. The van der Waals surface area contributed by atoms with E-state index in [0.717, 1.165) is 17.0 Å². The zero-order valence-electron chi connectivity index (χ0n) is 14.7. The minimum atomic E-state index is -0.962. The second kappa shape index (κ2) is 9.71. The first kappa shape index (κ1) is 21.4. The fourth-order valence-electron chi connectivity index (χ4n) is 2.07. The van der Waals surface area contributed by atoms with Crippen LogP contribution in [0.2, 0.25) is 5.02 Å². The minimum absolute atomic E-state index is 0.0295. The van der Waals surface area contributed by atoms with Gasteiger partial charge in [-0.25, -0.2) is 4.79 Å². The molecule has 0 bridgehead atoms. The summed E-state index contributed by atoms with van der Waals surface area (Å²) in [6, 6.07) is 3.33. The van der Waals surface area contributed by atoms with Crippen LogP contribution in [-0.4, -0.2) is 65.8 Å². The van der Waals surface area contributed by atoms with Crippen LogP contribution >= 0.6 is 11.6 Å². The highest BCUT2D eigenvalue weighted by Crippen LogP contribution is 2.22. The lowest BCUT2D eigenvalue weighted by atomic mass is 10.2. The van der Waals surface area contributed by atoms with Crippen molar-refractivity contribution in [3.05, 3.63) is 38.9 Å². The predicted octanol–water partition coefficient (Wildman–Crippen LogP) is 1.73. The zero-order valence-corrected chi connectivity index (χ0v) is 15.5. The number of nitro benzene ring substituents is 1. The molecule has 0 aliphatic carbocycles. The Hall–Kier alpha value is -2.68.